The van der Waals surface area contributed by atoms with Crippen molar-refractivity contribution in [2.24, 2.45) is 4.99 Å². The minimum Gasteiger partial charge on any atom is -0.357 e. The lowest BCUT2D eigenvalue weighted by Crippen LogP contribution is -2.37. The van der Waals surface area contributed by atoms with Crippen LogP contribution in [0.15, 0.2) is 4.99 Å². The SMILES string of the molecule is CCNC(=NCc1sc(C)nc1C)NCCCCCCCN(C)C.I. The van der Waals surface area contributed by atoms with E-state index in [1.807, 2.05) is 6.92 Å². The van der Waals surface area contributed by atoms with E-state index in [2.05, 4.69) is 53.5 Å². The third-order valence-electron chi connectivity index (χ3n) is 3.80. The van der Waals surface area contributed by atoms with Gasteiger partial charge in [0.2, 0.25) is 0 Å². The number of thiazole rings is 1. The molecule has 0 amide bonds. The lowest BCUT2D eigenvalue weighted by molar-refractivity contribution is 0.389. The molecule has 0 saturated carbocycles. The van der Waals surface area contributed by atoms with Crippen LogP contribution in [-0.4, -0.2) is 49.6 Å². The normalized spacial score (nSPS) is 11.5. The largest absolute Gasteiger partial charge is 0.357 e. The molecule has 2 N–H and O–H groups in total. The van der Waals surface area contributed by atoms with Gasteiger partial charge in [0.05, 0.1) is 17.2 Å². The molecule has 1 aromatic heterocycles. The predicted molar refractivity (Wildman–Crippen MR) is 121 cm³/mol. The third-order valence-corrected chi connectivity index (χ3v) is 4.86. The Morgan fingerprint density at radius 3 is 2.36 bits per heavy atom. The first kappa shape index (κ1) is 24.6. The number of halogens is 1. The van der Waals surface area contributed by atoms with Crippen LogP contribution in [0.3, 0.4) is 0 Å². The van der Waals surface area contributed by atoms with E-state index in [1.165, 1.54) is 43.5 Å². The lowest BCUT2D eigenvalue weighted by Gasteiger charge is -2.11. The van der Waals surface area contributed by atoms with Crippen molar-refractivity contribution < 1.29 is 0 Å². The van der Waals surface area contributed by atoms with Crippen LogP contribution in [-0.2, 0) is 6.54 Å². The number of nitrogens with one attached hydrogen (secondary N) is 2. The Morgan fingerprint density at radius 2 is 1.76 bits per heavy atom. The average Bonchev–Trinajstić information content (AvgIpc) is 2.84. The fourth-order valence-corrected chi connectivity index (χ4v) is 3.36. The van der Waals surface area contributed by atoms with Crippen molar-refractivity contribution in [3.05, 3.63) is 15.6 Å². The van der Waals surface area contributed by atoms with Gasteiger partial charge in [-0.2, -0.15) is 0 Å². The van der Waals surface area contributed by atoms with Crippen molar-refractivity contribution in [2.75, 3.05) is 33.7 Å². The zero-order valence-corrected chi connectivity index (χ0v) is 19.7. The molecular weight excluding hydrogens is 445 g/mol. The average molecular weight is 481 g/mol. The molecular formula is C18H36IN5S. The quantitative estimate of drug-likeness (QED) is 0.218. The zero-order valence-electron chi connectivity index (χ0n) is 16.5. The van der Waals surface area contributed by atoms with Crippen molar-refractivity contribution in [2.45, 2.75) is 59.4 Å². The summed E-state index contributed by atoms with van der Waals surface area (Å²) < 4.78 is 0. The molecule has 0 bridgehead atoms. The second-order valence-electron chi connectivity index (χ2n) is 6.43. The molecule has 1 heterocycles. The Kier molecular flexibility index (Phi) is 14.5. The van der Waals surface area contributed by atoms with E-state index in [4.69, 9.17) is 0 Å². The molecule has 0 saturated heterocycles. The van der Waals surface area contributed by atoms with Gasteiger partial charge in [0.1, 0.15) is 0 Å². The molecule has 0 unspecified atom stereocenters. The Balaban J connectivity index is 0.00000576. The van der Waals surface area contributed by atoms with Crippen molar-refractivity contribution >= 4 is 41.3 Å². The molecule has 7 heteroatoms. The second kappa shape index (κ2) is 14.7. The molecule has 5 nitrogen and oxygen atoms in total. The fraction of sp³-hybridized carbons (Fsp3) is 0.778. The van der Waals surface area contributed by atoms with Gasteiger partial charge in [-0.15, -0.1) is 35.3 Å². The molecule has 0 fully saturated rings. The van der Waals surface area contributed by atoms with Gasteiger partial charge in [0, 0.05) is 18.0 Å². The van der Waals surface area contributed by atoms with Crippen LogP contribution >= 0.6 is 35.3 Å². The standard InChI is InChI=1S/C18H35N5S.HI/c1-6-19-18(21-14-17-15(2)22-16(3)24-17)20-12-10-8-7-9-11-13-23(4)5;/h6-14H2,1-5H3,(H2,19,20,21);1H. The Bertz CT molecular complexity index is 488. The van der Waals surface area contributed by atoms with Crippen LogP contribution in [0.1, 0.15) is 54.6 Å². The van der Waals surface area contributed by atoms with E-state index in [9.17, 15) is 0 Å². The van der Waals surface area contributed by atoms with E-state index in [0.717, 1.165) is 29.8 Å². The lowest BCUT2D eigenvalue weighted by atomic mass is 10.1. The number of hydrogen-bond donors (Lipinski definition) is 2. The van der Waals surface area contributed by atoms with Crippen LogP contribution in [0.25, 0.3) is 0 Å². The number of rotatable bonds is 11. The van der Waals surface area contributed by atoms with Crippen molar-refractivity contribution in [1.29, 1.82) is 0 Å². The highest BCUT2D eigenvalue weighted by Gasteiger charge is 2.04. The number of unbranched alkanes of at least 4 members (excludes halogenated alkanes) is 4. The van der Waals surface area contributed by atoms with Gasteiger partial charge in [-0.25, -0.2) is 9.98 Å². The molecule has 0 radical (unpaired) electrons. The summed E-state index contributed by atoms with van der Waals surface area (Å²) in [5.41, 5.74) is 1.11. The van der Waals surface area contributed by atoms with E-state index in [0.29, 0.717) is 6.54 Å². The maximum absolute atomic E-state index is 4.68. The van der Waals surface area contributed by atoms with Crippen LogP contribution < -0.4 is 10.6 Å². The maximum atomic E-state index is 4.68. The van der Waals surface area contributed by atoms with Gasteiger partial charge in [-0.05, 0) is 54.3 Å². The summed E-state index contributed by atoms with van der Waals surface area (Å²) in [6.45, 7) is 9.99. The number of guanidine groups is 1. The van der Waals surface area contributed by atoms with Crippen molar-refractivity contribution in [1.82, 2.24) is 20.5 Å². The van der Waals surface area contributed by atoms with E-state index >= 15 is 0 Å². The molecule has 25 heavy (non-hydrogen) atoms. The van der Waals surface area contributed by atoms with Crippen molar-refractivity contribution in [3.8, 4) is 0 Å². The van der Waals surface area contributed by atoms with Gasteiger partial charge < -0.3 is 15.5 Å². The summed E-state index contributed by atoms with van der Waals surface area (Å²) in [5, 5.41) is 7.88. The van der Waals surface area contributed by atoms with Crippen LogP contribution in [0, 0.1) is 13.8 Å². The number of nitrogens with zero attached hydrogens (tertiary/aromatic N) is 3. The first-order valence-corrected chi connectivity index (χ1v) is 9.94. The van der Waals surface area contributed by atoms with E-state index in [-0.39, 0.29) is 24.0 Å². The van der Waals surface area contributed by atoms with Gasteiger partial charge in [0.25, 0.3) is 0 Å². The molecule has 0 aromatic carbocycles. The monoisotopic (exact) mass is 481 g/mol. The Morgan fingerprint density at radius 1 is 1.08 bits per heavy atom. The first-order valence-electron chi connectivity index (χ1n) is 9.12. The van der Waals surface area contributed by atoms with E-state index in [1.54, 1.807) is 11.3 Å². The summed E-state index contributed by atoms with van der Waals surface area (Å²) in [5.74, 6) is 0.913. The highest BCUT2D eigenvalue weighted by molar-refractivity contribution is 14.0. The highest BCUT2D eigenvalue weighted by Crippen LogP contribution is 2.17. The summed E-state index contributed by atoms with van der Waals surface area (Å²) in [6, 6.07) is 0. The first-order chi connectivity index (χ1) is 11.5. The maximum Gasteiger partial charge on any atom is 0.191 e. The summed E-state index contributed by atoms with van der Waals surface area (Å²) in [7, 11) is 4.28. The summed E-state index contributed by atoms with van der Waals surface area (Å²) in [4.78, 5) is 12.7. The summed E-state index contributed by atoms with van der Waals surface area (Å²) >= 11 is 1.74. The Hall–Kier alpha value is -0.410. The molecule has 0 aliphatic heterocycles. The van der Waals surface area contributed by atoms with Gasteiger partial charge in [0.15, 0.2) is 5.96 Å². The zero-order chi connectivity index (χ0) is 17.8. The molecule has 146 valence electrons. The molecule has 0 spiro atoms. The molecule has 0 aliphatic carbocycles. The van der Waals surface area contributed by atoms with Gasteiger partial charge >= 0.3 is 0 Å². The Labute approximate surface area is 175 Å². The fourth-order valence-electron chi connectivity index (χ4n) is 2.50. The minimum atomic E-state index is 0. The van der Waals surface area contributed by atoms with Crippen LogP contribution in [0.2, 0.25) is 0 Å². The third kappa shape index (κ3) is 11.8. The topological polar surface area (TPSA) is 52.6 Å². The number of aryl methyl sites for hydroxylation is 2. The van der Waals surface area contributed by atoms with Crippen molar-refractivity contribution in [3.63, 3.8) is 0 Å². The second-order valence-corrected chi connectivity index (χ2v) is 7.72. The minimum absolute atomic E-state index is 0. The van der Waals surface area contributed by atoms with Gasteiger partial charge in [-0.1, -0.05) is 19.3 Å². The molecule has 0 aliphatic rings. The molecule has 1 aromatic rings. The highest BCUT2D eigenvalue weighted by atomic mass is 127. The molecule has 0 atom stereocenters. The van der Waals surface area contributed by atoms with Crippen LogP contribution in [0.4, 0.5) is 0 Å². The smallest absolute Gasteiger partial charge is 0.191 e. The number of hydrogen-bond acceptors (Lipinski definition) is 4. The van der Waals surface area contributed by atoms with Crippen LogP contribution in [0.5, 0.6) is 0 Å². The molecule has 1 rings (SSSR count). The summed E-state index contributed by atoms with van der Waals surface area (Å²) in [6.07, 6.45) is 6.44. The number of aromatic nitrogens is 1. The number of aliphatic imine (C=N–C) groups is 1. The predicted octanol–water partition coefficient (Wildman–Crippen LogP) is 3.95. The van der Waals surface area contributed by atoms with Gasteiger partial charge in [-0.3, -0.25) is 0 Å². The van der Waals surface area contributed by atoms with E-state index < -0.39 is 0 Å².